The second-order valence-corrected chi connectivity index (χ2v) is 4.48. The Morgan fingerprint density at radius 1 is 1.05 bits per heavy atom. The van der Waals surface area contributed by atoms with Crippen LogP contribution in [0.25, 0.3) is 0 Å². The van der Waals surface area contributed by atoms with Gasteiger partial charge in [-0.2, -0.15) is 0 Å². The molecule has 106 valence electrons. The summed E-state index contributed by atoms with van der Waals surface area (Å²) in [5.41, 5.74) is 1.01. The van der Waals surface area contributed by atoms with Crippen molar-refractivity contribution in [2.45, 2.75) is 19.9 Å². The number of nitrogens with zero attached hydrogens (tertiary/aromatic N) is 1. The minimum atomic E-state index is 0.245. The molecule has 0 aliphatic heterocycles. The van der Waals surface area contributed by atoms with Gasteiger partial charge < -0.3 is 14.8 Å². The zero-order valence-corrected chi connectivity index (χ0v) is 12.1. The maximum atomic E-state index is 5.73. The molecule has 0 radical (unpaired) electrons. The van der Waals surface area contributed by atoms with E-state index in [0.717, 1.165) is 29.5 Å². The van der Waals surface area contributed by atoms with E-state index in [4.69, 9.17) is 9.47 Å². The van der Waals surface area contributed by atoms with Crippen LogP contribution in [-0.4, -0.2) is 18.6 Å². The smallest absolute Gasteiger partial charge is 0.145 e. The van der Waals surface area contributed by atoms with Gasteiger partial charge in [-0.05, 0) is 49.9 Å². The van der Waals surface area contributed by atoms with Crippen LogP contribution in [0.15, 0.2) is 42.6 Å². The highest BCUT2D eigenvalue weighted by Gasteiger charge is 2.05. The van der Waals surface area contributed by atoms with Crippen molar-refractivity contribution in [1.29, 1.82) is 0 Å². The molecule has 0 fully saturated rings. The van der Waals surface area contributed by atoms with Crippen molar-refractivity contribution in [2.75, 3.05) is 13.7 Å². The number of pyridine rings is 1. The van der Waals surface area contributed by atoms with E-state index in [1.165, 1.54) is 0 Å². The molecule has 0 amide bonds. The van der Waals surface area contributed by atoms with Crippen LogP contribution in [0.5, 0.6) is 17.2 Å². The van der Waals surface area contributed by atoms with Crippen molar-refractivity contribution in [3.8, 4) is 17.2 Å². The molecule has 1 heterocycles. The van der Waals surface area contributed by atoms with Crippen molar-refractivity contribution >= 4 is 0 Å². The maximum Gasteiger partial charge on any atom is 0.145 e. The third kappa shape index (κ3) is 3.71. The van der Waals surface area contributed by atoms with Crippen LogP contribution in [-0.2, 0) is 0 Å². The van der Waals surface area contributed by atoms with Crippen molar-refractivity contribution < 1.29 is 9.47 Å². The van der Waals surface area contributed by atoms with E-state index in [1.54, 1.807) is 13.3 Å². The fourth-order valence-electron chi connectivity index (χ4n) is 1.90. The highest BCUT2D eigenvalue weighted by atomic mass is 16.5. The van der Waals surface area contributed by atoms with Crippen LogP contribution in [0.4, 0.5) is 0 Å². The van der Waals surface area contributed by atoms with Crippen molar-refractivity contribution in [2.24, 2.45) is 0 Å². The van der Waals surface area contributed by atoms with Gasteiger partial charge in [-0.15, -0.1) is 0 Å². The topological polar surface area (TPSA) is 43.4 Å². The van der Waals surface area contributed by atoms with Gasteiger partial charge in [0.25, 0.3) is 0 Å². The molecular formula is C16H20N2O2. The lowest BCUT2D eigenvalue weighted by atomic mass is 10.2. The molecule has 0 saturated heterocycles. The Labute approximate surface area is 119 Å². The molecule has 0 aliphatic carbocycles. The minimum absolute atomic E-state index is 0.245. The van der Waals surface area contributed by atoms with E-state index in [9.17, 15) is 0 Å². The van der Waals surface area contributed by atoms with E-state index < -0.39 is 0 Å². The Kier molecular flexibility index (Phi) is 4.96. The monoisotopic (exact) mass is 272 g/mol. The first-order valence-corrected chi connectivity index (χ1v) is 6.74. The summed E-state index contributed by atoms with van der Waals surface area (Å²) in [5.74, 6) is 2.30. The van der Waals surface area contributed by atoms with Crippen LogP contribution in [0, 0.1) is 0 Å². The molecule has 1 aromatic heterocycles. The highest BCUT2D eigenvalue weighted by Crippen LogP contribution is 2.23. The molecule has 4 heteroatoms. The van der Waals surface area contributed by atoms with Crippen molar-refractivity contribution in [3.05, 3.63) is 48.3 Å². The molecule has 0 saturated carbocycles. The molecule has 0 bridgehead atoms. The Morgan fingerprint density at radius 3 is 2.25 bits per heavy atom. The van der Waals surface area contributed by atoms with Gasteiger partial charge in [0, 0.05) is 6.04 Å². The number of ether oxygens (including phenoxy) is 2. The molecule has 0 aliphatic rings. The van der Waals surface area contributed by atoms with Crippen LogP contribution in [0.2, 0.25) is 0 Å². The lowest BCUT2D eigenvalue weighted by Gasteiger charge is -2.12. The first kappa shape index (κ1) is 14.3. The van der Waals surface area contributed by atoms with Gasteiger partial charge >= 0.3 is 0 Å². The quantitative estimate of drug-likeness (QED) is 0.873. The molecule has 2 aromatic rings. The highest BCUT2D eigenvalue weighted by molar-refractivity contribution is 5.34. The number of aromatic nitrogens is 1. The summed E-state index contributed by atoms with van der Waals surface area (Å²) in [4.78, 5) is 4.41. The number of benzene rings is 1. The summed E-state index contributed by atoms with van der Waals surface area (Å²) in [6.07, 6.45) is 1.74. The van der Waals surface area contributed by atoms with Crippen LogP contribution in [0.3, 0.4) is 0 Å². The average Bonchev–Trinajstić information content (AvgIpc) is 2.49. The summed E-state index contributed by atoms with van der Waals surface area (Å²) < 4.78 is 10.8. The van der Waals surface area contributed by atoms with E-state index in [2.05, 4.69) is 24.1 Å². The van der Waals surface area contributed by atoms with Gasteiger partial charge in [-0.25, -0.2) is 0 Å². The lowest BCUT2D eigenvalue weighted by Crippen LogP contribution is -2.18. The molecular weight excluding hydrogens is 252 g/mol. The Bertz CT molecular complexity index is 523. The molecule has 20 heavy (non-hydrogen) atoms. The molecule has 0 spiro atoms. The Hall–Kier alpha value is -2.07. The van der Waals surface area contributed by atoms with Crippen LogP contribution < -0.4 is 14.8 Å². The standard InChI is InChI=1S/C16H20N2O2/c1-4-17-12(2)16-10-9-15(11-18-16)20-14-7-5-13(19-3)6-8-14/h5-12,17H,4H2,1-3H3. The molecule has 2 rings (SSSR count). The van der Waals surface area contributed by atoms with Crippen LogP contribution in [0.1, 0.15) is 25.6 Å². The minimum Gasteiger partial charge on any atom is -0.497 e. The fourth-order valence-corrected chi connectivity index (χ4v) is 1.90. The molecule has 1 aromatic carbocycles. The zero-order valence-electron chi connectivity index (χ0n) is 12.1. The largest absolute Gasteiger partial charge is 0.497 e. The second-order valence-electron chi connectivity index (χ2n) is 4.48. The second kappa shape index (κ2) is 6.91. The van der Waals surface area contributed by atoms with Crippen molar-refractivity contribution in [3.63, 3.8) is 0 Å². The van der Waals surface area contributed by atoms with Gasteiger partial charge in [0.2, 0.25) is 0 Å². The molecule has 1 unspecified atom stereocenters. The average molecular weight is 272 g/mol. The van der Waals surface area contributed by atoms with Crippen LogP contribution >= 0.6 is 0 Å². The van der Waals surface area contributed by atoms with Gasteiger partial charge in [0.1, 0.15) is 17.2 Å². The number of hydrogen-bond donors (Lipinski definition) is 1. The Balaban J connectivity index is 2.02. The normalized spacial score (nSPS) is 11.9. The number of hydrogen-bond acceptors (Lipinski definition) is 4. The van der Waals surface area contributed by atoms with Gasteiger partial charge in [-0.3, -0.25) is 4.98 Å². The summed E-state index contributed by atoms with van der Waals surface area (Å²) >= 11 is 0. The predicted octanol–water partition coefficient (Wildman–Crippen LogP) is 3.55. The van der Waals surface area contributed by atoms with Gasteiger partial charge in [-0.1, -0.05) is 6.92 Å². The predicted molar refractivity (Wildman–Crippen MR) is 79.4 cm³/mol. The van der Waals surface area contributed by atoms with Gasteiger partial charge in [0.05, 0.1) is 19.0 Å². The third-order valence-electron chi connectivity index (χ3n) is 3.01. The molecule has 4 nitrogen and oxygen atoms in total. The summed E-state index contributed by atoms with van der Waals surface area (Å²) in [7, 11) is 1.64. The maximum absolute atomic E-state index is 5.73. The summed E-state index contributed by atoms with van der Waals surface area (Å²) in [5, 5.41) is 3.33. The SMILES string of the molecule is CCNC(C)c1ccc(Oc2ccc(OC)cc2)cn1. The van der Waals surface area contributed by atoms with E-state index in [1.807, 2.05) is 36.4 Å². The van der Waals surface area contributed by atoms with Gasteiger partial charge in [0.15, 0.2) is 0 Å². The number of methoxy groups -OCH3 is 1. The fraction of sp³-hybridized carbons (Fsp3) is 0.312. The van der Waals surface area contributed by atoms with E-state index in [0.29, 0.717) is 0 Å². The first-order valence-electron chi connectivity index (χ1n) is 6.74. The molecule has 1 N–H and O–H groups in total. The zero-order chi connectivity index (χ0) is 14.4. The first-order chi connectivity index (χ1) is 9.72. The van der Waals surface area contributed by atoms with Crippen molar-refractivity contribution in [1.82, 2.24) is 10.3 Å². The number of nitrogens with one attached hydrogen (secondary N) is 1. The summed E-state index contributed by atoms with van der Waals surface area (Å²) in [6, 6.07) is 11.6. The van der Waals surface area contributed by atoms with E-state index in [-0.39, 0.29) is 6.04 Å². The number of rotatable bonds is 6. The summed E-state index contributed by atoms with van der Waals surface area (Å²) in [6.45, 7) is 5.10. The Morgan fingerprint density at radius 2 is 1.70 bits per heavy atom. The third-order valence-corrected chi connectivity index (χ3v) is 3.01. The lowest BCUT2D eigenvalue weighted by molar-refractivity contribution is 0.412. The van der Waals surface area contributed by atoms with E-state index >= 15 is 0 Å². The molecule has 1 atom stereocenters.